The van der Waals surface area contributed by atoms with Crippen molar-refractivity contribution in [1.29, 1.82) is 0 Å². The first-order valence-electron chi connectivity index (χ1n) is 10.7. The van der Waals surface area contributed by atoms with E-state index in [2.05, 4.69) is 95.5 Å². The summed E-state index contributed by atoms with van der Waals surface area (Å²) in [6, 6.07) is 19.5. The van der Waals surface area contributed by atoms with Gasteiger partial charge >= 0.3 is 0 Å². The Bertz CT molecular complexity index is 996. The molecule has 0 aliphatic carbocycles. The molecule has 31 heavy (non-hydrogen) atoms. The second kappa shape index (κ2) is 10.2. The first-order valence-corrected chi connectivity index (χ1v) is 10.7. The summed E-state index contributed by atoms with van der Waals surface area (Å²) in [4.78, 5) is 0. The van der Waals surface area contributed by atoms with E-state index in [1.54, 1.807) is 12.2 Å². The zero-order chi connectivity index (χ0) is 22.4. The van der Waals surface area contributed by atoms with Crippen LogP contribution in [0.1, 0.15) is 44.9 Å². The van der Waals surface area contributed by atoms with Gasteiger partial charge in [-0.1, -0.05) is 67.8 Å². The van der Waals surface area contributed by atoms with Crippen molar-refractivity contribution >= 4 is 0 Å². The van der Waals surface area contributed by atoms with Crippen molar-refractivity contribution < 1.29 is 9.47 Å². The summed E-state index contributed by atoms with van der Waals surface area (Å²) in [5.41, 5.74) is 8.53. The van der Waals surface area contributed by atoms with E-state index in [0.29, 0.717) is 13.2 Å². The lowest BCUT2D eigenvalue weighted by Gasteiger charge is -2.25. The highest BCUT2D eigenvalue weighted by Crippen LogP contribution is 2.39. The van der Waals surface area contributed by atoms with E-state index < -0.39 is 0 Å². The van der Waals surface area contributed by atoms with Crippen LogP contribution in [-0.4, -0.2) is 13.2 Å². The van der Waals surface area contributed by atoms with Gasteiger partial charge in [-0.3, -0.25) is 0 Å². The number of rotatable bonds is 9. The van der Waals surface area contributed by atoms with Crippen LogP contribution in [0.3, 0.4) is 0 Å². The topological polar surface area (TPSA) is 18.5 Å². The highest BCUT2D eigenvalue weighted by atomic mass is 16.5. The third-order valence-electron chi connectivity index (χ3n) is 5.60. The molecular weight excluding hydrogens is 380 g/mol. The molecule has 2 heteroatoms. The number of ether oxygens (including phenoxy) is 2. The molecule has 3 rings (SSSR count). The molecule has 0 aliphatic heterocycles. The third kappa shape index (κ3) is 5.08. The Hall–Kier alpha value is -3.26. The Morgan fingerprint density at radius 2 is 1.13 bits per heavy atom. The van der Waals surface area contributed by atoms with Gasteiger partial charge in [0.1, 0.15) is 24.7 Å². The zero-order valence-electron chi connectivity index (χ0n) is 19.1. The number of hydrogen-bond donors (Lipinski definition) is 0. The van der Waals surface area contributed by atoms with Crippen molar-refractivity contribution in [1.82, 2.24) is 0 Å². The second-order valence-corrected chi connectivity index (χ2v) is 7.99. The quantitative estimate of drug-likeness (QED) is 0.273. The summed E-state index contributed by atoms with van der Waals surface area (Å²) in [5.74, 6) is 1.95. The number of hydrogen-bond acceptors (Lipinski definition) is 2. The van der Waals surface area contributed by atoms with Crippen LogP contribution in [0.5, 0.6) is 11.5 Å². The van der Waals surface area contributed by atoms with E-state index in [-0.39, 0.29) is 5.92 Å². The van der Waals surface area contributed by atoms with E-state index in [9.17, 15) is 0 Å². The van der Waals surface area contributed by atoms with Gasteiger partial charge in [0, 0.05) is 5.92 Å². The molecule has 0 amide bonds. The van der Waals surface area contributed by atoms with Crippen molar-refractivity contribution in [3.8, 4) is 11.5 Å². The maximum Gasteiger partial charge on any atom is 0.122 e. The van der Waals surface area contributed by atoms with Crippen LogP contribution >= 0.6 is 0 Å². The highest BCUT2D eigenvalue weighted by molar-refractivity contribution is 5.54. The Morgan fingerprint density at radius 3 is 1.55 bits per heavy atom. The molecule has 0 aromatic heterocycles. The van der Waals surface area contributed by atoms with Crippen LogP contribution in [0.25, 0.3) is 0 Å². The van der Waals surface area contributed by atoms with E-state index in [0.717, 1.165) is 22.6 Å². The first kappa shape index (κ1) is 22.4. The van der Waals surface area contributed by atoms with E-state index in [4.69, 9.17) is 9.47 Å². The fourth-order valence-corrected chi connectivity index (χ4v) is 4.03. The van der Waals surface area contributed by atoms with Crippen LogP contribution in [0.2, 0.25) is 0 Å². The van der Waals surface area contributed by atoms with Gasteiger partial charge in [0.2, 0.25) is 0 Å². The summed E-state index contributed by atoms with van der Waals surface area (Å²) in [6.07, 6.45) is 3.55. The van der Waals surface area contributed by atoms with Crippen LogP contribution in [0, 0.1) is 27.7 Å². The van der Waals surface area contributed by atoms with Crippen LogP contribution < -0.4 is 9.47 Å². The van der Waals surface area contributed by atoms with Crippen molar-refractivity contribution in [2.24, 2.45) is 0 Å². The molecule has 0 fully saturated rings. The summed E-state index contributed by atoms with van der Waals surface area (Å²) >= 11 is 0. The van der Waals surface area contributed by atoms with Gasteiger partial charge in [0.25, 0.3) is 0 Å². The predicted molar refractivity (Wildman–Crippen MR) is 131 cm³/mol. The molecule has 0 bridgehead atoms. The first-order chi connectivity index (χ1) is 15.0. The molecule has 0 atom stereocenters. The normalized spacial score (nSPS) is 10.7. The Kier molecular flexibility index (Phi) is 7.36. The van der Waals surface area contributed by atoms with Gasteiger partial charge in [-0.05, 0) is 78.8 Å². The number of benzene rings is 3. The zero-order valence-corrected chi connectivity index (χ0v) is 19.1. The molecule has 3 aromatic rings. The summed E-state index contributed by atoms with van der Waals surface area (Å²) in [5, 5.41) is 0. The Labute approximate surface area is 186 Å². The van der Waals surface area contributed by atoms with Crippen molar-refractivity contribution in [3.63, 3.8) is 0 Å². The molecular formula is C29H32O2. The van der Waals surface area contributed by atoms with Gasteiger partial charge < -0.3 is 9.47 Å². The molecule has 0 unspecified atom stereocenters. The van der Waals surface area contributed by atoms with Crippen molar-refractivity contribution in [2.45, 2.75) is 33.6 Å². The molecule has 0 N–H and O–H groups in total. The number of aryl methyl sites for hydroxylation is 4. The molecule has 0 spiro atoms. The fraction of sp³-hybridized carbons (Fsp3) is 0.241. The summed E-state index contributed by atoms with van der Waals surface area (Å²) in [6.45, 7) is 17.1. The monoisotopic (exact) mass is 412 g/mol. The van der Waals surface area contributed by atoms with Crippen LogP contribution in [0.15, 0.2) is 79.9 Å². The predicted octanol–water partition coefficient (Wildman–Crippen LogP) is 7.23. The molecule has 2 nitrogen and oxygen atoms in total. The third-order valence-corrected chi connectivity index (χ3v) is 5.60. The minimum atomic E-state index is 0.125. The molecule has 0 radical (unpaired) electrons. The lowest BCUT2D eigenvalue weighted by atomic mass is 9.80. The standard InChI is InChI=1S/C29H32O2/c1-7-14-30-27-18-20(3)25(16-22(27)5)29(24-12-10-9-11-13-24)26-17-23(6)28(19-21(26)4)31-15-8-2/h7-13,16-19,29H,1-2,14-15H2,3-6H3. The van der Waals surface area contributed by atoms with Crippen molar-refractivity contribution in [3.05, 3.63) is 119 Å². The average molecular weight is 413 g/mol. The van der Waals surface area contributed by atoms with Gasteiger partial charge in [-0.25, -0.2) is 0 Å². The SMILES string of the molecule is C=CCOc1cc(C)c(C(c2ccccc2)c2cc(C)c(OCC=C)cc2C)cc1C. The average Bonchev–Trinajstić information content (AvgIpc) is 2.77. The lowest BCUT2D eigenvalue weighted by Crippen LogP contribution is -2.09. The molecule has 0 aliphatic rings. The molecule has 0 saturated heterocycles. The van der Waals surface area contributed by atoms with Gasteiger partial charge in [0.15, 0.2) is 0 Å². The van der Waals surface area contributed by atoms with Crippen LogP contribution in [-0.2, 0) is 0 Å². The smallest absolute Gasteiger partial charge is 0.122 e. The minimum absolute atomic E-state index is 0.125. The van der Waals surface area contributed by atoms with Gasteiger partial charge in [0.05, 0.1) is 0 Å². The largest absolute Gasteiger partial charge is 0.489 e. The van der Waals surface area contributed by atoms with Crippen molar-refractivity contribution in [2.75, 3.05) is 13.2 Å². The summed E-state index contributed by atoms with van der Waals surface area (Å²) < 4.78 is 11.7. The fourth-order valence-electron chi connectivity index (χ4n) is 4.03. The Balaban J connectivity index is 2.16. The minimum Gasteiger partial charge on any atom is -0.489 e. The van der Waals surface area contributed by atoms with Gasteiger partial charge in [-0.15, -0.1) is 0 Å². The van der Waals surface area contributed by atoms with Crippen LogP contribution in [0.4, 0.5) is 0 Å². The molecule has 0 saturated carbocycles. The van der Waals surface area contributed by atoms with Gasteiger partial charge in [-0.2, -0.15) is 0 Å². The summed E-state index contributed by atoms with van der Waals surface area (Å²) in [7, 11) is 0. The van der Waals surface area contributed by atoms with E-state index in [1.807, 2.05) is 0 Å². The van der Waals surface area contributed by atoms with E-state index >= 15 is 0 Å². The maximum atomic E-state index is 5.87. The lowest BCUT2D eigenvalue weighted by molar-refractivity contribution is 0.360. The highest BCUT2D eigenvalue weighted by Gasteiger charge is 2.23. The Morgan fingerprint density at radius 1 is 0.677 bits per heavy atom. The maximum absolute atomic E-state index is 5.87. The van der Waals surface area contributed by atoms with E-state index in [1.165, 1.54) is 27.8 Å². The molecule has 0 heterocycles. The molecule has 3 aromatic carbocycles. The molecule has 160 valence electrons. The second-order valence-electron chi connectivity index (χ2n) is 7.99.